The Labute approximate surface area is 147 Å². The van der Waals surface area contributed by atoms with E-state index >= 15 is 0 Å². The number of carbonyl (C=O) groups excluding carboxylic acids is 1. The molecule has 7 heteroatoms. The number of aryl methyl sites for hydroxylation is 1. The Balaban J connectivity index is 1.63. The van der Waals surface area contributed by atoms with Crippen LogP contribution in [0.15, 0.2) is 30.3 Å². The molecule has 1 N–H and O–H groups in total. The number of aromatic nitrogens is 1. The maximum atomic E-state index is 12.7. The van der Waals surface area contributed by atoms with Gasteiger partial charge in [-0.25, -0.2) is 0 Å². The first kappa shape index (κ1) is 15.4. The zero-order valence-corrected chi connectivity index (χ0v) is 14.5. The van der Waals surface area contributed by atoms with Crippen LogP contribution in [0, 0.1) is 0 Å². The molecular formula is C17H15ClN2O3S. The molecule has 3 aromatic rings. The molecule has 3 heterocycles. The van der Waals surface area contributed by atoms with E-state index in [0.717, 1.165) is 14.6 Å². The molecule has 1 aromatic carbocycles. The molecule has 0 spiro atoms. The van der Waals surface area contributed by atoms with Gasteiger partial charge in [-0.05, 0) is 31.2 Å². The van der Waals surface area contributed by atoms with Crippen molar-refractivity contribution in [3.63, 3.8) is 0 Å². The van der Waals surface area contributed by atoms with Gasteiger partial charge < -0.3 is 19.4 Å². The van der Waals surface area contributed by atoms with Gasteiger partial charge in [0.25, 0.3) is 5.91 Å². The molecule has 5 nitrogen and oxygen atoms in total. The predicted molar refractivity (Wildman–Crippen MR) is 95.9 cm³/mol. The Morgan fingerprint density at radius 2 is 2.04 bits per heavy atom. The molecule has 124 valence electrons. The molecule has 4 rings (SSSR count). The predicted octanol–water partition coefficient (Wildman–Crippen LogP) is 4.40. The number of nitrogens with one attached hydrogen (secondary N) is 1. The largest absolute Gasteiger partial charge is 0.486 e. The summed E-state index contributed by atoms with van der Waals surface area (Å²) in [6.07, 6.45) is 0. The van der Waals surface area contributed by atoms with E-state index in [2.05, 4.69) is 5.32 Å². The van der Waals surface area contributed by atoms with Crippen molar-refractivity contribution in [1.82, 2.24) is 4.57 Å². The van der Waals surface area contributed by atoms with Crippen molar-refractivity contribution in [2.45, 2.75) is 13.5 Å². The number of nitrogens with zero attached hydrogens (tertiary/aromatic N) is 1. The number of amides is 1. The minimum absolute atomic E-state index is 0.159. The quantitative estimate of drug-likeness (QED) is 0.751. The number of halogens is 1. The van der Waals surface area contributed by atoms with Crippen LogP contribution in [-0.2, 0) is 6.54 Å². The first-order chi connectivity index (χ1) is 11.7. The number of hydrogen-bond donors (Lipinski definition) is 1. The van der Waals surface area contributed by atoms with E-state index in [1.165, 1.54) is 11.3 Å². The SMILES string of the molecule is CCn1c(C(=O)Nc2ccc3c(c2)OCCO3)cc2sc(Cl)cc21. The van der Waals surface area contributed by atoms with Crippen LogP contribution < -0.4 is 14.8 Å². The number of anilines is 1. The summed E-state index contributed by atoms with van der Waals surface area (Å²) in [5, 5.41) is 2.92. The number of thiophene rings is 1. The van der Waals surface area contributed by atoms with Crippen LogP contribution in [0.5, 0.6) is 11.5 Å². The van der Waals surface area contributed by atoms with Crippen molar-refractivity contribution in [2.24, 2.45) is 0 Å². The van der Waals surface area contributed by atoms with Crippen molar-refractivity contribution in [1.29, 1.82) is 0 Å². The zero-order valence-electron chi connectivity index (χ0n) is 13.0. The van der Waals surface area contributed by atoms with Gasteiger partial charge in [0.05, 0.1) is 14.6 Å². The van der Waals surface area contributed by atoms with Crippen LogP contribution >= 0.6 is 22.9 Å². The monoisotopic (exact) mass is 362 g/mol. The standard InChI is InChI=1S/C17H15ClN2O3S/c1-2-20-11-9-16(18)24-15(11)8-12(20)17(21)19-10-3-4-13-14(7-10)23-6-5-22-13/h3-4,7-9H,2,5-6H2,1H3,(H,19,21). The number of benzene rings is 1. The summed E-state index contributed by atoms with van der Waals surface area (Å²) in [6, 6.07) is 9.17. The Hall–Kier alpha value is -2.18. The minimum Gasteiger partial charge on any atom is -0.486 e. The number of carbonyl (C=O) groups is 1. The van der Waals surface area contributed by atoms with E-state index in [4.69, 9.17) is 21.1 Å². The molecule has 24 heavy (non-hydrogen) atoms. The fraction of sp³-hybridized carbons (Fsp3) is 0.235. The van der Waals surface area contributed by atoms with E-state index < -0.39 is 0 Å². The highest BCUT2D eigenvalue weighted by atomic mass is 35.5. The Bertz CT molecular complexity index is 931. The summed E-state index contributed by atoms with van der Waals surface area (Å²) in [5.41, 5.74) is 2.28. The second-order valence-electron chi connectivity index (χ2n) is 5.39. The average molecular weight is 363 g/mol. The van der Waals surface area contributed by atoms with E-state index in [9.17, 15) is 4.79 Å². The lowest BCUT2D eigenvalue weighted by Crippen LogP contribution is -2.18. The van der Waals surface area contributed by atoms with Crippen molar-refractivity contribution in [3.8, 4) is 11.5 Å². The Morgan fingerprint density at radius 3 is 2.83 bits per heavy atom. The van der Waals surface area contributed by atoms with Crippen molar-refractivity contribution < 1.29 is 14.3 Å². The maximum Gasteiger partial charge on any atom is 0.272 e. The highest BCUT2D eigenvalue weighted by Crippen LogP contribution is 2.34. The van der Waals surface area contributed by atoms with E-state index in [1.54, 1.807) is 12.1 Å². The molecule has 0 fully saturated rings. The number of rotatable bonds is 3. The van der Waals surface area contributed by atoms with Crippen LogP contribution in [0.1, 0.15) is 17.4 Å². The number of hydrogen-bond acceptors (Lipinski definition) is 4. The molecule has 0 unspecified atom stereocenters. The number of ether oxygens (including phenoxy) is 2. The third-order valence-electron chi connectivity index (χ3n) is 3.91. The zero-order chi connectivity index (χ0) is 16.7. The van der Waals surface area contributed by atoms with Gasteiger partial charge in [-0.2, -0.15) is 0 Å². The van der Waals surface area contributed by atoms with Gasteiger partial charge in [-0.1, -0.05) is 11.6 Å². The summed E-state index contributed by atoms with van der Waals surface area (Å²) in [5.74, 6) is 1.19. The lowest BCUT2D eigenvalue weighted by molar-refractivity contribution is 0.101. The van der Waals surface area contributed by atoms with Crippen LogP contribution in [0.25, 0.3) is 10.2 Å². The van der Waals surface area contributed by atoms with Gasteiger partial charge in [0, 0.05) is 18.3 Å². The number of fused-ring (bicyclic) bond motifs is 2. The fourth-order valence-corrected chi connectivity index (χ4v) is 4.03. The van der Waals surface area contributed by atoms with E-state index in [1.807, 2.05) is 29.7 Å². The van der Waals surface area contributed by atoms with Gasteiger partial charge >= 0.3 is 0 Å². The second-order valence-corrected chi connectivity index (χ2v) is 7.10. The fourth-order valence-electron chi connectivity index (χ4n) is 2.86. The Morgan fingerprint density at radius 1 is 1.25 bits per heavy atom. The van der Waals surface area contributed by atoms with Gasteiger partial charge in [-0.15, -0.1) is 11.3 Å². The van der Waals surface area contributed by atoms with Crippen molar-refractivity contribution in [3.05, 3.63) is 40.4 Å². The van der Waals surface area contributed by atoms with Crippen LogP contribution in [0.4, 0.5) is 5.69 Å². The van der Waals surface area contributed by atoms with Crippen molar-refractivity contribution in [2.75, 3.05) is 18.5 Å². The molecule has 1 aliphatic rings. The highest BCUT2D eigenvalue weighted by Gasteiger charge is 2.18. The molecule has 0 radical (unpaired) electrons. The molecule has 0 saturated carbocycles. The Kier molecular flexibility index (Phi) is 3.86. The highest BCUT2D eigenvalue weighted by molar-refractivity contribution is 7.22. The van der Waals surface area contributed by atoms with E-state index in [-0.39, 0.29) is 5.91 Å². The summed E-state index contributed by atoms with van der Waals surface area (Å²) in [6.45, 7) is 3.76. The third kappa shape index (κ3) is 2.61. The lowest BCUT2D eigenvalue weighted by Gasteiger charge is -2.19. The molecule has 1 amide bonds. The molecule has 0 atom stereocenters. The molecule has 2 aromatic heterocycles. The second kappa shape index (κ2) is 6.03. The molecule has 0 saturated heterocycles. The smallest absolute Gasteiger partial charge is 0.272 e. The average Bonchev–Trinajstić information content (AvgIpc) is 3.10. The first-order valence-corrected chi connectivity index (χ1v) is 8.84. The minimum atomic E-state index is -0.159. The molecule has 1 aliphatic heterocycles. The van der Waals surface area contributed by atoms with Crippen LogP contribution in [-0.4, -0.2) is 23.7 Å². The molecule has 0 bridgehead atoms. The molecular weight excluding hydrogens is 348 g/mol. The van der Waals surface area contributed by atoms with Gasteiger partial charge in [0.1, 0.15) is 18.9 Å². The van der Waals surface area contributed by atoms with Gasteiger partial charge in [-0.3, -0.25) is 4.79 Å². The van der Waals surface area contributed by atoms with Crippen LogP contribution in [0.3, 0.4) is 0 Å². The lowest BCUT2D eigenvalue weighted by atomic mass is 10.2. The maximum absolute atomic E-state index is 12.7. The van der Waals surface area contributed by atoms with E-state index in [0.29, 0.717) is 42.6 Å². The summed E-state index contributed by atoms with van der Waals surface area (Å²) in [4.78, 5) is 12.7. The van der Waals surface area contributed by atoms with Gasteiger partial charge in [0.15, 0.2) is 11.5 Å². The summed E-state index contributed by atoms with van der Waals surface area (Å²) in [7, 11) is 0. The topological polar surface area (TPSA) is 52.5 Å². The third-order valence-corrected chi connectivity index (χ3v) is 5.11. The summed E-state index contributed by atoms with van der Waals surface area (Å²) >= 11 is 7.53. The van der Waals surface area contributed by atoms with Gasteiger partial charge in [0.2, 0.25) is 0 Å². The molecule has 0 aliphatic carbocycles. The van der Waals surface area contributed by atoms with Crippen molar-refractivity contribution >= 4 is 44.7 Å². The summed E-state index contributed by atoms with van der Waals surface area (Å²) < 4.78 is 14.7. The van der Waals surface area contributed by atoms with Crippen LogP contribution in [0.2, 0.25) is 4.34 Å². The first-order valence-electron chi connectivity index (χ1n) is 7.65. The normalized spacial score (nSPS) is 13.2.